The average Bonchev–Trinajstić information content (AvgIpc) is 2.41. The minimum absolute atomic E-state index is 0.0403. The molecule has 0 radical (unpaired) electrons. The van der Waals surface area contributed by atoms with Crippen molar-refractivity contribution in [3.8, 4) is 0 Å². The maximum atomic E-state index is 12.8. The van der Waals surface area contributed by atoms with Gasteiger partial charge in [0.25, 0.3) is 5.56 Å². The third-order valence-corrected chi connectivity index (χ3v) is 3.68. The number of carbonyl (C=O) groups excluding carboxylic acids is 1. The number of carbonyl (C=O) groups is 1. The van der Waals surface area contributed by atoms with Crippen LogP contribution in [0, 0.1) is 17.8 Å². The Labute approximate surface area is 149 Å². The number of aromatic nitrogens is 2. The Morgan fingerprint density at radius 1 is 1.04 bits per heavy atom. The van der Waals surface area contributed by atoms with Crippen LogP contribution in [0.4, 0.5) is 5.82 Å². The van der Waals surface area contributed by atoms with Crippen molar-refractivity contribution < 1.29 is 4.79 Å². The fourth-order valence-electron chi connectivity index (χ4n) is 2.92. The second kappa shape index (κ2) is 8.99. The van der Waals surface area contributed by atoms with E-state index in [1.54, 1.807) is 0 Å². The molecule has 7 heteroatoms. The van der Waals surface area contributed by atoms with E-state index >= 15 is 0 Å². The second-order valence-electron chi connectivity index (χ2n) is 7.93. The van der Waals surface area contributed by atoms with Crippen molar-refractivity contribution in [3.63, 3.8) is 0 Å². The number of nitrogens with zero attached hydrogens (tertiary/aromatic N) is 2. The number of ketones is 1. The van der Waals surface area contributed by atoms with E-state index in [4.69, 9.17) is 5.73 Å². The monoisotopic (exact) mass is 352 g/mol. The van der Waals surface area contributed by atoms with Gasteiger partial charge in [0.05, 0.1) is 6.54 Å². The van der Waals surface area contributed by atoms with E-state index in [1.165, 1.54) is 4.57 Å². The van der Waals surface area contributed by atoms with Crippen molar-refractivity contribution in [3.05, 3.63) is 26.4 Å². The van der Waals surface area contributed by atoms with Crippen molar-refractivity contribution in [2.45, 2.75) is 48.1 Å². The van der Waals surface area contributed by atoms with Gasteiger partial charge in [-0.25, -0.2) is 4.79 Å². The summed E-state index contributed by atoms with van der Waals surface area (Å²) >= 11 is 0. The minimum atomic E-state index is -0.707. The zero-order valence-electron chi connectivity index (χ0n) is 16.3. The highest BCUT2D eigenvalue weighted by molar-refractivity contribution is 6.01. The van der Waals surface area contributed by atoms with Crippen LogP contribution in [0.1, 0.15) is 51.9 Å². The Bertz CT molecular complexity index is 691. The highest BCUT2D eigenvalue weighted by atomic mass is 16.2. The Morgan fingerprint density at radius 2 is 1.56 bits per heavy atom. The van der Waals surface area contributed by atoms with E-state index in [2.05, 4.69) is 32.7 Å². The Kier molecular flexibility index (Phi) is 7.60. The Morgan fingerprint density at radius 3 is 2.00 bits per heavy atom. The van der Waals surface area contributed by atoms with E-state index in [1.807, 2.05) is 18.7 Å². The van der Waals surface area contributed by atoms with Crippen molar-refractivity contribution in [2.75, 3.05) is 25.4 Å². The molecule has 0 atom stereocenters. The molecule has 0 aliphatic carbocycles. The normalized spacial score (nSPS) is 11.9. The van der Waals surface area contributed by atoms with Gasteiger partial charge < -0.3 is 5.73 Å². The van der Waals surface area contributed by atoms with Crippen LogP contribution in [-0.4, -0.2) is 39.9 Å². The molecule has 0 amide bonds. The number of hydrogen-bond acceptors (Lipinski definition) is 5. The van der Waals surface area contributed by atoms with E-state index in [-0.39, 0.29) is 29.6 Å². The van der Waals surface area contributed by atoms with Gasteiger partial charge in [-0.3, -0.25) is 24.0 Å². The topological polar surface area (TPSA) is 101 Å². The summed E-state index contributed by atoms with van der Waals surface area (Å²) in [5.74, 6) is 0.570. The summed E-state index contributed by atoms with van der Waals surface area (Å²) in [5.41, 5.74) is 4.62. The molecule has 0 unspecified atom stereocenters. The number of nitrogen functional groups attached to an aromatic ring is 1. The minimum Gasteiger partial charge on any atom is -0.384 e. The van der Waals surface area contributed by atoms with Crippen LogP contribution >= 0.6 is 0 Å². The molecular formula is C18H32N4O3. The van der Waals surface area contributed by atoms with Gasteiger partial charge in [0.1, 0.15) is 11.4 Å². The fourth-order valence-corrected chi connectivity index (χ4v) is 2.92. The summed E-state index contributed by atoms with van der Waals surface area (Å²) < 4.78 is 1.27. The molecule has 0 aromatic carbocycles. The summed E-state index contributed by atoms with van der Waals surface area (Å²) in [5, 5.41) is 0. The summed E-state index contributed by atoms with van der Waals surface area (Å²) in [4.78, 5) is 41.2. The van der Waals surface area contributed by atoms with Gasteiger partial charge in [0, 0.05) is 19.6 Å². The smallest absolute Gasteiger partial charge is 0.329 e. The quantitative estimate of drug-likeness (QED) is 0.657. The molecule has 0 aliphatic heterocycles. The molecule has 25 heavy (non-hydrogen) atoms. The summed E-state index contributed by atoms with van der Waals surface area (Å²) in [6.45, 7) is 14.2. The molecule has 1 heterocycles. The third kappa shape index (κ3) is 6.16. The van der Waals surface area contributed by atoms with E-state index in [0.717, 1.165) is 13.1 Å². The number of Topliss-reactive ketones (excluding diaryl/α,β-unsaturated/α-hetero) is 1. The van der Waals surface area contributed by atoms with Gasteiger partial charge in [-0.05, 0) is 17.8 Å². The predicted molar refractivity (Wildman–Crippen MR) is 101 cm³/mol. The van der Waals surface area contributed by atoms with Crippen molar-refractivity contribution >= 4 is 11.6 Å². The first-order chi connectivity index (χ1) is 11.5. The van der Waals surface area contributed by atoms with Gasteiger partial charge in [0.15, 0.2) is 5.78 Å². The van der Waals surface area contributed by atoms with Gasteiger partial charge in [-0.1, -0.05) is 41.5 Å². The second-order valence-corrected chi connectivity index (χ2v) is 7.93. The largest absolute Gasteiger partial charge is 0.384 e. The van der Waals surface area contributed by atoms with Crippen molar-refractivity contribution in [2.24, 2.45) is 17.8 Å². The van der Waals surface area contributed by atoms with Crippen LogP contribution < -0.4 is 17.0 Å². The van der Waals surface area contributed by atoms with Crippen LogP contribution in [0.25, 0.3) is 0 Å². The fraction of sp³-hybridized carbons (Fsp3) is 0.722. The highest BCUT2D eigenvalue weighted by Crippen LogP contribution is 2.10. The first-order valence-electron chi connectivity index (χ1n) is 8.91. The summed E-state index contributed by atoms with van der Waals surface area (Å²) in [7, 11) is 0. The van der Waals surface area contributed by atoms with Crippen LogP contribution in [-0.2, 0) is 6.54 Å². The van der Waals surface area contributed by atoms with Gasteiger partial charge >= 0.3 is 5.69 Å². The number of aromatic amines is 1. The van der Waals surface area contributed by atoms with Crippen LogP contribution in [0.2, 0.25) is 0 Å². The number of H-pyrrole nitrogens is 1. The molecule has 1 aromatic rings. The molecule has 0 fully saturated rings. The number of nitrogens with one attached hydrogen (secondary N) is 1. The number of anilines is 1. The van der Waals surface area contributed by atoms with Gasteiger partial charge in [0.2, 0.25) is 0 Å². The molecule has 1 rings (SSSR count). The van der Waals surface area contributed by atoms with E-state index in [0.29, 0.717) is 18.4 Å². The number of hydrogen-bond donors (Lipinski definition) is 2. The summed E-state index contributed by atoms with van der Waals surface area (Å²) in [6.07, 6.45) is 0. The summed E-state index contributed by atoms with van der Waals surface area (Å²) in [6, 6.07) is 0. The lowest BCUT2D eigenvalue weighted by atomic mass is 10.1. The van der Waals surface area contributed by atoms with Crippen LogP contribution in [0.5, 0.6) is 0 Å². The number of rotatable bonds is 9. The first-order valence-corrected chi connectivity index (χ1v) is 8.91. The van der Waals surface area contributed by atoms with Gasteiger partial charge in [-0.2, -0.15) is 0 Å². The molecule has 142 valence electrons. The lowest BCUT2D eigenvalue weighted by Gasteiger charge is -2.25. The molecule has 0 bridgehead atoms. The van der Waals surface area contributed by atoms with Gasteiger partial charge in [-0.15, -0.1) is 0 Å². The predicted octanol–water partition coefficient (Wildman–Crippen LogP) is 1.57. The molecule has 1 aromatic heterocycles. The van der Waals surface area contributed by atoms with E-state index < -0.39 is 11.2 Å². The highest BCUT2D eigenvalue weighted by Gasteiger charge is 2.22. The molecule has 3 N–H and O–H groups in total. The number of nitrogens with two attached hydrogens (primary N) is 1. The van der Waals surface area contributed by atoms with Crippen molar-refractivity contribution in [1.82, 2.24) is 14.5 Å². The maximum absolute atomic E-state index is 12.8. The molecule has 0 aliphatic rings. The Balaban J connectivity index is 3.19. The standard InChI is InChI=1S/C18H32N4O3/c1-11(2)7-21(8-12(3)4)10-14(23)15-16(19)22(9-13(5)6)18(25)20-17(15)24/h11-13H,7-10,19H2,1-6H3,(H,20,24,25). The van der Waals surface area contributed by atoms with Crippen LogP contribution in [0.15, 0.2) is 9.59 Å². The third-order valence-electron chi connectivity index (χ3n) is 3.68. The molecule has 0 saturated heterocycles. The molecule has 0 saturated carbocycles. The zero-order chi connectivity index (χ0) is 19.3. The van der Waals surface area contributed by atoms with Crippen molar-refractivity contribution in [1.29, 1.82) is 0 Å². The zero-order valence-corrected chi connectivity index (χ0v) is 16.3. The van der Waals surface area contributed by atoms with E-state index in [9.17, 15) is 14.4 Å². The van der Waals surface area contributed by atoms with Crippen LogP contribution in [0.3, 0.4) is 0 Å². The lowest BCUT2D eigenvalue weighted by Crippen LogP contribution is -2.41. The molecule has 7 nitrogen and oxygen atoms in total. The molecular weight excluding hydrogens is 320 g/mol. The maximum Gasteiger partial charge on any atom is 0.329 e. The average molecular weight is 352 g/mol. The SMILES string of the molecule is CC(C)CN(CC(=O)c1c(N)n(CC(C)C)c(=O)[nH]c1=O)CC(C)C. The molecule has 0 spiro atoms. The first kappa shape index (κ1) is 21.2. The lowest BCUT2D eigenvalue weighted by molar-refractivity contribution is 0.0910. The Hall–Kier alpha value is -1.89.